The molecule has 2 fully saturated rings. The number of fused-ring (bicyclic) bond motifs is 1. The first kappa shape index (κ1) is 32.3. The number of aryl methyl sites for hydroxylation is 1. The van der Waals surface area contributed by atoms with Gasteiger partial charge in [-0.05, 0) is 92.8 Å². The number of amides is 2. The monoisotopic (exact) mass is 623 g/mol. The van der Waals surface area contributed by atoms with Gasteiger partial charge in [0, 0.05) is 48.8 Å². The van der Waals surface area contributed by atoms with E-state index >= 15 is 0 Å². The lowest BCUT2D eigenvalue weighted by Crippen LogP contribution is -2.50. The van der Waals surface area contributed by atoms with Gasteiger partial charge < -0.3 is 25.4 Å². The first-order valence-electron chi connectivity index (χ1n) is 17.2. The molecular weight excluding hydrogens is 574 g/mol. The Kier molecular flexibility index (Phi) is 9.81. The second-order valence-corrected chi connectivity index (χ2v) is 14.0. The normalized spacial score (nSPS) is 20.7. The summed E-state index contributed by atoms with van der Waals surface area (Å²) in [6, 6.07) is 21.8. The number of benzene rings is 3. The van der Waals surface area contributed by atoms with Crippen LogP contribution >= 0.6 is 0 Å². The molecule has 0 bridgehead atoms. The van der Waals surface area contributed by atoms with Crippen LogP contribution in [0.2, 0.25) is 0 Å². The molecule has 2 amide bonds. The van der Waals surface area contributed by atoms with Gasteiger partial charge in [-0.1, -0.05) is 62.2 Å². The lowest BCUT2D eigenvalue weighted by Gasteiger charge is -2.39. The maximum atomic E-state index is 14.0. The molecule has 2 aliphatic heterocycles. The third-order valence-corrected chi connectivity index (χ3v) is 10.0. The van der Waals surface area contributed by atoms with Crippen LogP contribution in [0.25, 0.3) is 0 Å². The molecule has 0 aromatic heterocycles. The second-order valence-electron chi connectivity index (χ2n) is 14.0. The van der Waals surface area contributed by atoms with E-state index in [4.69, 9.17) is 4.74 Å². The molecular formula is C39H49N3O4. The standard InChI is InChI=1S/C39H49N3O4/c1-4-26-16-17-36-32(19-26)34(24-39(2,3)46-36)40-25-35(43)33(20-27-11-6-5-7-12-27)41-38(45)30-21-29(28-13-8-9-14-28)22-31(23-30)42-18-10-15-37(42)44/h5-7,11-12,16-17,19,21-23,28,33-35,40,43H,4,8-10,13-15,18,20,24-25H2,1-3H3,(H,41,45)/t33-,34-,35+/m0/s1. The summed E-state index contributed by atoms with van der Waals surface area (Å²) in [6.07, 6.45) is 7.31. The molecule has 3 atom stereocenters. The Labute approximate surface area is 273 Å². The minimum Gasteiger partial charge on any atom is -0.487 e. The lowest BCUT2D eigenvalue weighted by molar-refractivity contribution is -0.117. The van der Waals surface area contributed by atoms with Crippen LogP contribution in [0.3, 0.4) is 0 Å². The average molecular weight is 624 g/mol. The lowest BCUT2D eigenvalue weighted by atomic mass is 9.88. The fourth-order valence-corrected chi connectivity index (χ4v) is 7.45. The first-order chi connectivity index (χ1) is 22.2. The van der Waals surface area contributed by atoms with Gasteiger partial charge in [0.15, 0.2) is 0 Å². The second kappa shape index (κ2) is 14.0. The van der Waals surface area contributed by atoms with Gasteiger partial charge in [0.1, 0.15) is 11.4 Å². The smallest absolute Gasteiger partial charge is 0.251 e. The van der Waals surface area contributed by atoms with Crippen LogP contribution in [0.15, 0.2) is 66.7 Å². The number of hydrogen-bond acceptors (Lipinski definition) is 5. The van der Waals surface area contributed by atoms with E-state index in [9.17, 15) is 14.7 Å². The number of ether oxygens (including phenoxy) is 1. The van der Waals surface area contributed by atoms with E-state index < -0.39 is 12.1 Å². The maximum Gasteiger partial charge on any atom is 0.251 e. The van der Waals surface area contributed by atoms with Gasteiger partial charge in [-0.15, -0.1) is 0 Å². The van der Waals surface area contributed by atoms with Crippen LogP contribution in [0.5, 0.6) is 5.75 Å². The summed E-state index contributed by atoms with van der Waals surface area (Å²) in [7, 11) is 0. The zero-order chi connectivity index (χ0) is 32.3. The van der Waals surface area contributed by atoms with Gasteiger partial charge >= 0.3 is 0 Å². The van der Waals surface area contributed by atoms with E-state index in [0.29, 0.717) is 37.4 Å². The molecule has 1 aliphatic carbocycles. The summed E-state index contributed by atoms with van der Waals surface area (Å²) in [4.78, 5) is 28.5. The summed E-state index contributed by atoms with van der Waals surface area (Å²) in [5.41, 5.74) is 5.55. The van der Waals surface area contributed by atoms with Crippen LogP contribution in [-0.4, -0.2) is 47.8 Å². The van der Waals surface area contributed by atoms with Crippen LogP contribution in [0.1, 0.15) is 110 Å². The van der Waals surface area contributed by atoms with Crippen molar-refractivity contribution in [1.82, 2.24) is 10.6 Å². The average Bonchev–Trinajstić information content (AvgIpc) is 3.75. The molecule has 244 valence electrons. The third-order valence-electron chi connectivity index (χ3n) is 10.0. The van der Waals surface area contributed by atoms with E-state index in [1.807, 2.05) is 47.4 Å². The Morgan fingerprint density at radius 3 is 2.52 bits per heavy atom. The Morgan fingerprint density at radius 1 is 1.02 bits per heavy atom. The van der Waals surface area contributed by atoms with Crippen molar-refractivity contribution in [1.29, 1.82) is 0 Å². The van der Waals surface area contributed by atoms with E-state index in [0.717, 1.165) is 60.2 Å². The molecule has 46 heavy (non-hydrogen) atoms. The number of anilines is 1. The van der Waals surface area contributed by atoms with Crippen molar-refractivity contribution in [2.45, 2.75) is 108 Å². The Balaban J connectivity index is 1.24. The number of nitrogens with one attached hydrogen (secondary N) is 2. The number of aliphatic hydroxyl groups excluding tert-OH is 1. The van der Waals surface area contributed by atoms with Crippen LogP contribution in [0, 0.1) is 0 Å². The van der Waals surface area contributed by atoms with Crippen molar-refractivity contribution >= 4 is 17.5 Å². The summed E-state index contributed by atoms with van der Waals surface area (Å²) in [6.45, 7) is 7.33. The van der Waals surface area contributed by atoms with Crippen LogP contribution in [-0.2, 0) is 17.6 Å². The van der Waals surface area contributed by atoms with Crippen molar-refractivity contribution in [3.05, 3.63) is 94.5 Å². The number of carbonyl (C=O) groups is 2. The van der Waals surface area contributed by atoms with E-state index in [-0.39, 0.29) is 23.5 Å². The molecule has 3 aromatic carbocycles. The number of hydrogen-bond donors (Lipinski definition) is 3. The Bertz CT molecular complexity index is 1530. The highest BCUT2D eigenvalue weighted by Gasteiger charge is 2.35. The number of rotatable bonds is 11. The summed E-state index contributed by atoms with van der Waals surface area (Å²) in [5.74, 6) is 1.17. The van der Waals surface area contributed by atoms with Crippen molar-refractivity contribution < 1.29 is 19.4 Å². The van der Waals surface area contributed by atoms with Gasteiger partial charge in [0.2, 0.25) is 5.91 Å². The number of nitrogens with zero attached hydrogens (tertiary/aromatic N) is 1. The fourth-order valence-electron chi connectivity index (χ4n) is 7.45. The summed E-state index contributed by atoms with van der Waals surface area (Å²) < 4.78 is 6.30. The molecule has 2 heterocycles. The highest BCUT2D eigenvalue weighted by atomic mass is 16.5. The van der Waals surface area contributed by atoms with Crippen LogP contribution < -0.4 is 20.3 Å². The van der Waals surface area contributed by atoms with Gasteiger partial charge in [0.25, 0.3) is 5.91 Å². The maximum absolute atomic E-state index is 14.0. The first-order valence-corrected chi connectivity index (χ1v) is 17.2. The topological polar surface area (TPSA) is 90.9 Å². The predicted octanol–water partition coefficient (Wildman–Crippen LogP) is 6.63. The molecule has 7 nitrogen and oxygen atoms in total. The van der Waals surface area contributed by atoms with E-state index in [1.54, 1.807) is 0 Å². The SMILES string of the molecule is CCc1ccc2c(c1)[C@@H](NC[C@@H](O)[C@H](Cc1ccccc1)NC(=O)c1cc(C3CCCC3)cc(N3CCCC3=O)c1)CC(C)(C)O2. The third kappa shape index (κ3) is 7.48. The number of aliphatic hydroxyl groups is 1. The zero-order valence-corrected chi connectivity index (χ0v) is 27.6. The molecule has 3 aromatic rings. The minimum atomic E-state index is -0.842. The molecule has 1 saturated heterocycles. The predicted molar refractivity (Wildman–Crippen MR) is 183 cm³/mol. The highest BCUT2D eigenvalue weighted by Crippen LogP contribution is 2.40. The molecule has 0 radical (unpaired) electrons. The Morgan fingerprint density at radius 2 is 1.80 bits per heavy atom. The van der Waals surface area contributed by atoms with Crippen molar-refractivity contribution in [3.63, 3.8) is 0 Å². The highest BCUT2D eigenvalue weighted by molar-refractivity contribution is 5.99. The van der Waals surface area contributed by atoms with Crippen molar-refractivity contribution in [2.24, 2.45) is 0 Å². The quantitative estimate of drug-likeness (QED) is 0.223. The Hall–Kier alpha value is -3.68. The minimum absolute atomic E-state index is 0.0108. The largest absolute Gasteiger partial charge is 0.487 e. The summed E-state index contributed by atoms with van der Waals surface area (Å²) in [5, 5.41) is 18.6. The molecule has 0 unspecified atom stereocenters. The number of carbonyl (C=O) groups excluding carboxylic acids is 2. The molecule has 0 spiro atoms. The molecule has 1 saturated carbocycles. The van der Waals surface area contributed by atoms with Crippen LogP contribution in [0.4, 0.5) is 5.69 Å². The van der Waals surface area contributed by atoms with Gasteiger partial charge in [-0.2, -0.15) is 0 Å². The van der Waals surface area contributed by atoms with Gasteiger partial charge in [-0.25, -0.2) is 0 Å². The summed E-state index contributed by atoms with van der Waals surface area (Å²) >= 11 is 0. The molecule has 7 heteroatoms. The zero-order valence-electron chi connectivity index (χ0n) is 27.6. The van der Waals surface area contributed by atoms with Gasteiger partial charge in [0.05, 0.1) is 12.1 Å². The van der Waals surface area contributed by atoms with Crippen molar-refractivity contribution in [3.8, 4) is 5.75 Å². The molecule has 6 rings (SSSR count). The van der Waals surface area contributed by atoms with E-state index in [1.165, 1.54) is 18.4 Å². The van der Waals surface area contributed by atoms with E-state index in [2.05, 4.69) is 55.7 Å². The van der Waals surface area contributed by atoms with Crippen molar-refractivity contribution in [2.75, 3.05) is 18.0 Å². The fraction of sp³-hybridized carbons (Fsp3) is 0.487. The molecule has 3 N–H and O–H groups in total. The van der Waals surface area contributed by atoms with Gasteiger partial charge in [-0.3, -0.25) is 9.59 Å². The molecule has 3 aliphatic rings.